The smallest absolute Gasteiger partial charge is 0.236 e. The molecule has 4 nitrogen and oxygen atoms in total. The summed E-state index contributed by atoms with van der Waals surface area (Å²) in [7, 11) is 0. The standard InChI is InChI=1S/C42H26N4S/c1-3-11-27(12-4-1)40-33-23-24-47-41(33)44-42(43-40)46-37-18-10-8-16-32(37)35-26-29(20-22-39(35)46)28-19-21-38-34(25-28)31-15-7-9-17-36(31)45(38)30-13-5-2-6-14-30/h1-26H. The Kier molecular flexibility index (Phi) is 5.71. The zero-order valence-electron chi connectivity index (χ0n) is 25.2. The summed E-state index contributed by atoms with van der Waals surface area (Å²) in [5, 5.41) is 8.04. The lowest BCUT2D eigenvalue weighted by molar-refractivity contribution is 1.02. The topological polar surface area (TPSA) is 35.6 Å². The van der Waals surface area contributed by atoms with Gasteiger partial charge in [0.2, 0.25) is 5.95 Å². The third-order valence-electron chi connectivity index (χ3n) is 9.25. The molecule has 0 aliphatic heterocycles. The lowest BCUT2D eigenvalue weighted by Crippen LogP contribution is -2.02. The zero-order chi connectivity index (χ0) is 30.9. The average molecular weight is 619 g/mol. The molecule has 6 aromatic carbocycles. The molecule has 0 N–H and O–H groups in total. The van der Waals surface area contributed by atoms with Crippen molar-refractivity contribution in [3.8, 4) is 34.0 Å². The first-order chi connectivity index (χ1) is 23.3. The van der Waals surface area contributed by atoms with Gasteiger partial charge < -0.3 is 4.57 Å². The molecule has 5 heteroatoms. The van der Waals surface area contributed by atoms with Gasteiger partial charge in [0.05, 0.1) is 27.8 Å². The molecule has 10 aromatic rings. The number of para-hydroxylation sites is 3. The number of hydrogen-bond donors (Lipinski definition) is 0. The molecular weight excluding hydrogens is 593 g/mol. The van der Waals surface area contributed by atoms with Crippen LogP contribution < -0.4 is 0 Å². The van der Waals surface area contributed by atoms with Crippen molar-refractivity contribution in [1.82, 2.24) is 19.1 Å². The first kappa shape index (κ1) is 26.2. The van der Waals surface area contributed by atoms with Crippen molar-refractivity contribution >= 4 is 65.2 Å². The van der Waals surface area contributed by atoms with Crippen LogP contribution in [-0.2, 0) is 0 Å². The van der Waals surface area contributed by atoms with Gasteiger partial charge in [-0.05, 0) is 71.1 Å². The van der Waals surface area contributed by atoms with Crippen LogP contribution in [0.15, 0.2) is 157 Å². The van der Waals surface area contributed by atoms with Crippen LogP contribution in [0.25, 0.3) is 87.8 Å². The molecule has 0 aliphatic carbocycles. The Morgan fingerprint density at radius 3 is 1.64 bits per heavy atom. The van der Waals surface area contributed by atoms with Gasteiger partial charge >= 0.3 is 0 Å². The molecule has 0 amide bonds. The highest BCUT2D eigenvalue weighted by Crippen LogP contribution is 2.39. The van der Waals surface area contributed by atoms with Gasteiger partial charge in [-0.3, -0.25) is 4.57 Å². The molecule has 4 aromatic heterocycles. The number of aromatic nitrogens is 4. The molecule has 10 rings (SSSR count). The van der Waals surface area contributed by atoms with E-state index >= 15 is 0 Å². The van der Waals surface area contributed by atoms with E-state index in [-0.39, 0.29) is 0 Å². The van der Waals surface area contributed by atoms with E-state index in [1.807, 2.05) is 6.07 Å². The lowest BCUT2D eigenvalue weighted by Gasteiger charge is -2.10. The quantitative estimate of drug-likeness (QED) is 0.197. The Hall–Kier alpha value is -6.04. The molecule has 0 bridgehead atoms. The lowest BCUT2D eigenvalue weighted by atomic mass is 10.0. The van der Waals surface area contributed by atoms with E-state index in [1.165, 1.54) is 49.4 Å². The van der Waals surface area contributed by atoms with Gasteiger partial charge in [0, 0.05) is 38.2 Å². The van der Waals surface area contributed by atoms with Crippen molar-refractivity contribution in [2.75, 3.05) is 0 Å². The van der Waals surface area contributed by atoms with Crippen molar-refractivity contribution in [2.45, 2.75) is 0 Å². The minimum atomic E-state index is 0.688. The summed E-state index contributed by atoms with van der Waals surface area (Å²) in [6.45, 7) is 0. The van der Waals surface area contributed by atoms with Crippen molar-refractivity contribution in [1.29, 1.82) is 0 Å². The van der Waals surface area contributed by atoms with Gasteiger partial charge in [-0.2, -0.15) is 0 Å². The van der Waals surface area contributed by atoms with Crippen LogP contribution >= 0.6 is 11.3 Å². The Morgan fingerprint density at radius 2 is 0.957 bits per heavy atom. The molecule has 0 radical (unpaired) electrons. The maximum atomic E-state index is 5.21. The molecular formula is C42H26N4S. The fourth-order valence-electron chi connectivity index (χ4n) is 7.14. The van der Waals surface area contributed by atoms with Crippen LogP contribution in [0.1, 0.15) is 0 Å². The number of thiophene rings is 1. The average Bonchev–Trinajstić information content (AvgIpc) is 3.84. The van der Waals surface area contributed by atoms with Crippen molar-refractivity contribution < 1.29 is 0 Å². The highest BCUT2D eigenvalue weighted by atomic mass is 32.1. The second-order valence-electron chi connectivity index (χ2n) is 11.9. The fraction of sp³-hybridized carbons (Fsp3) is 0. The van der Waals surface area contributed by atoms with E-state index in [0.717, 1.165) is 32.5 Å². The Balaban J connectivity index is 1.18. The van der Waals surface area contributed by atoms with Crippen LogP contribution in [0.3, 0.4) is 0 Å². The van der Waals surface area contributed by atoms with Gasteiger partial charge in [-0.1, -0.05) is 97.1 Å². The summed E-state index contributed by atoms with van der Waals surface area (Å²) >= 11 is 1.65. The van der Waals surface area contributed by atoms with Crippen molar-refractivity contribution in [3.05, 3.63) is 157 Å². The Bertz CT molecular complexity index is 2790. The molecule has 0 atom stereocenters. The van der Waals surface area contributed by atoms with Crippen LogP contribution in [0.4, 0.5) is 0 Å². The number of fused-ring (bicyclic) bond motifs is 7. The summed E-state index contributed by atoms with van der Waals surface area (Å²) < 4.78 is 4.58. The van der Waals surface area contributed by atoms with Crippen LogP contribution in [-0.4, -0.2) is 19.1 Å². The second-order valence-corrected chi connectivity index (χ2v) is 12.8. The summed E-state index contributed by atoms with van der Waals surface area (Å²) in [6, 6.07) is 54.1. The van der Waals surface area contributed by atoms with E-state index in [1.54, 1.807) is 11.3 Å². The maximum absolute atomic E-state index is 5.21. The summed E-state index contributed by atoms with van der Waals surface area (Å²) in [4.78, 5) is 11.3. The number of nitrogens with zero attached hydrogens (tertiary/aromatic N) is 4. The molecule has 0 fully saturated rings. The van der Waals surface area contributed by atoms with E-state index in [0.29, 0.717) is 5.95 Å². The summed E-state index contributed by atoms with van der Waals surface area (Å²) in [5.41, 5.74) is 10.2. The van der Waals surface area contributed by atoms with Crippen molar-refractivity contribution in [2.24, 2.45) is 0 Å². The summed E-state index contributed by atoms with van der Waals surface area (Å²) in [6.07, 6.45) is 0. The van der Waals surface area contributed by atoms with Crippen LogP contribution in [0, 0.1) is 0 Å². The molecule has 0 spiro atoms. The maximum Gasteiger partial charge on any atom is 0.236 e. The third kappa shape index (κ3) is 4.00. The van der Waals surface area contributed by atoms with Gasteiger partial charge in [0.25, 0.3) is 0 Å². The molecule has 220 valence electrons. The molecule has 0 aliphatic rings. The predicted octanol–water partition coefficient (Wildman–Crippen LogP) is 11.2. The predicted molar refractivity (Wildman–Crippen MR) is 197 cm³/mol. The zero-order valence-corrected chi connectivity index (χ0v) is 26.0. The van der Waals surface area contributed by atoms with Crippen LogP contribution in [0.5, 0.6) is 0 Å². The number of rotatable bonds is 4. The minimum absolute atomic E-state index is 0.688. The Labute approximate surface area is 274 Å². The first-order valence-electron chi connectivity index (χ1n) is 15.8. The molecule has 0 saturated carbocycles. The minimum Gasteiger partial charge on any atom is -0.309 e. The van der Waals surface area contributed by atoms with Gasteiger partial charge in [0.1, 0.15) is 4.83 Å². The molecule has 4 heterocycles. The van der Waals surface area contributed by atoms with E-state index in [2.05, 4.69) is 160 Å². The van der Waals surface area contributed by atoms with E-state index < -0.39 is 0 Å². The first-order valence-corrected chi connectivity index (χ1v) is 16.6. The van der Waals surface area contributed by atoms with Crippen molar-refractivity contribution in [3.63, 3.8) is 0 Å². The number of hydrogen-bond acceptors (Lipinski definition) is 3. The highest BCUT2D eigenvalue weighted by Gasteiger charge is 2.19. The SMILES string of the molecule is c1ccc(-c2nc(-n3c4ccccc4c4cc(-c5ccc6c(c5)c5ccccc5n6-c5ccccc5)ccc43)nc3sccc23)cc1. The normalized spacial score (nSPS) is 11.8. The third-order valence-corrected chi connectivity index (χ3v) is 10.1. The van der Waals surface area contributed by atoms with E-state index in [4.69, 9.17) is 9.97 Å². The highest BCUT2D eigenvalue weighted by molar-refractivity contribution is 7.16. The molecule has 0 saturated heterocycles. The van der Waals surface area contributed by atoms with Gasteiger partial charge in [-0.15, -0.1) is 11.3 Å². The van der Waals surface area contributed by atoms with Crippen LogP contribution in [0.2, 0.25) is 0 Å². The monoisotopic (exact) mass is 618 g/mol. The summed E-state index contributed by atoms with van der Waals surface area (Å²) in [5.74, 6) is 0.688. The van der Waals surface area contributed by atoms with Gasteiger partial charge in [-0.25, -0.2) is 9.97 Å². The second kappa shape index (κ2) is 10.2. The molecule has 0 unspecified atom stereocenters. The fourth-order valence-corrected chi connectivity index (χ4v) is 7.89. The molecule has 47 heavy (non-hydrogen) atoms. The number of benzene rings is 6. The largest absolute Gasteiger partial charge is 0.309 e. The van der Waals surface area contributed by atoms with Gasteiger partial charge in [0.15, 0.2) is 0 Å². The Morgan fingerprint density at radius 1 is 0.404 bits per heavy atom. The van der Waals surface area contributed by atoms with E-state index in [9.17, 15) is 0 Å².